The molecule has 1 heterocycles. The molecule has 64 valence electrons. The first-order valence-corrected chi connectivity index (χ1v) is 4.33. The van der Waals surface area contributed by atoms with Gasteiger partial charge in [0.05, 0.1) is 0 Å². The second kappa shape index (κ2) is 5.13. The van der Waals surface area contributed by atoms with E-state index in [1.54, 1.807) is 0 Å². The lowest BCUT2D eigenvalue weighted by atomic mass is 10.1. The van der Waals surface area contributed by atoms with Crippen LogP contribution in [-0.2, 0) is 4.79 Å². The van der Waals surface area contributed by atoms with Gasteiger partial charge in [0, 0.05) is 13.1 Å². The first-order chi connectivity index (χ1) is 5.43. The second-order valence-electron chi connectivity index (χ2n) is 2.97. The Morgan fingerprint density at radius 3 is 2.64 bits per heavy atom. The Bertz CT molecular complexity index is 111. The van der Waals surface area contributed by atoms with E-state index < -0.39 is 0 Å². The van der Waals surface area contributed by atoms with Gasteiger partial charge in [-0.2, -0.15) is 0 Å². The van der Waals surface area contributed by atoms with Gasteiger partial charge in [0.15, 0.2) is 0 Å². The molecule has 0 aromatic carbocycles. The minimum atomic E-state index is 0.768. The fourth-order valence-electron chi connectivity index (χ4n) is 1.46. The fourth-order valence-corrected chi connectivity index (χ4v) is 1.46. The highest BCUT2D eigenvalue weighted by Gasteiger charge is 2.08. The third kappa shape index (κ3) is 3.37. The molecule has 0 radical (unpaired) electrons. The molecule has 1 fully saturated rings. The van der Waals surface area contributed by atoms with Crippen molar-refractivity contribution in [3.8, 4) is 0 Å². The number of piperidine rings is 1. The second-order valence-corrected chi connectivity index (χ2v) is 2.97. The van der Waals surface area contributed by atoms with Crippen molar-refractivity contribution in [2.24, 2.45) is 0 Å². The van der Waals surface area contributed by atoms with Gasteiger partial charge in [-0.1, -0.05) is 6.42 Å². The van der Waals surface area contributed by atoms with Crippen molar-refractivity contribution in [1.29, 1.82) is 0 Å². The molecule has 0 aliphatic carbocycles. The van der Waals surface area contributed by atoms with E-state index in [1.807, 2.05) is 0 Å². The number of nitrogens with one attached hydrogen (secondary N) is 1. The Labute approximate surface area is 67.8 Å². The first kappa shape index (κ1) is 8.53. The lowest BCUT2D eigenvalue weighted by Crippen LogP contribution is -2.35. The summed E-state index contributed by atoms with van der Waals surface area (Å²) < 4.78 is 0. The predicted octanol–water partition coefficient (Wildman–Crippen LogP) is 0.218. The summed E-state index contributed by atoms with van der Waals surface area (Å²) in [5.41, 5.74) is 0. The normalized spacial score (nSPS) is 19.6. The van der Waals surface area contributed by atoms with Gasteiger partial charge in [-0.15, -0.1) is 0 Å². The van der Waals surface area contributed by atoms with E-state index in [9.17, 15) is 4.79 Å². The Morgan fingerprint density at radius 2 is 2.00 bits per heavy atom. The summed E-state index contributed by atoms with van der Waals surface area (Å²) in [7, 11) is 0. The van der Waals surface area contributed by atoms with Gasteiger partial charge in [0.25, 0.3) is 0 Å². The van der Waals surface area contributed by atoms with E-state index >= 15 is 0 Å². The zero-order valence-corrected chi connectivity index (χ0v) is 6.88. The Hall–Kier alpha value is -0.570. The number of carbonyl (C=O) groups excluding carboxylic acids is 1. The molecule has 1 amide bonds. The van der Waals surface area contributed by atoms with Crippen LogP contribution in [0.2, 0.25) is 0 Å². The SMILES string of the molecule is O=CNCCN1CCCCC1. The summed E-state index contributed by atoms with van der Waals surface area (Å²) in [6.45, 7) is 4.23. The number of rotatable bonds is 4. The third-order valence-corrected chi connectivity index (χ3v) is 2.10. The summed E-state index contributed by atoms with van der Waals surface area (Å²) in [4.78, 5) is 12.3. The molecular formula is C8H16N2O. The molecule has 1 N–H and O–H groups in total. The molecule has 0 unspecified atom stereocenters. The van der Waals surface area contributed by atoms with Crippen LogP contribution >= 0.6 is 0 Å². The predicted molar refractivity (Wildman–Crippen MR) is 44.4 cm³/mol. The van der Waals surface area contributed by atoms with Crippen LogP contribution in [0.5, 0.6) is 0 Å². The molecule has 0 saturated carbocycles. The van der Waals surface area contributed by atoms with E-state index in [2.05, 4.69) is 10.2 Å². The number of carbonyl (C=O) groups is 1. The number of nitrogens with zero attached hydrogens (tertiary/aromatic N) is 1. The summed E-state index contributed by atoms with van der Waals surface area (Å²) in [6, 6.07) is 0. The number of hydrogen-bond donors (Lipinski definition) is 1. The topological polar surface area (TPSA) is 32.3 Å². The fraction of sp³-hybridized carbons (Fsp3) is 0.875. The van der Waals surface area contributed by atoms with Gasteiger partial charge < -0.3 is 10.2 Å². The summed E-state index contributed by atoms with van der Waals surface area (Å²) in [5.74, 6) is 0. The van der Waals surface area contributed by atoms with Gasteiger partial charge in [-0.05, 0) is 25.9 Å². The van der Waals surface area contributed by atoms with Crippen molar-refractivity contribution in [2.75, 3.05) is 26.2 Å². The molecule has 1 rings (SSSR count). The number of amides is 1. The highest BCUT2D eigenvalue weighted by Crippen LogP contribution is 2.06. The Kier molecular flexibility index (Phi) is 3.98. The van der Waals surface area contributed by atoms with Crippen LogP contribution in [0.3, 0.4) is 0 Å². The van der Waals surface area contributed by atoms with Crippen LogP contribution in [0, 0.1) is 0 Å². The Morgan fingerprint density at radius 1 is 1.27 bits per heavy atom. The number of hydrogen-bond acceptors (Lipinski definition) is 2. The van der Waals surface area contributed by atoms with E-state index in [4.69, 9.17) is 0 Å². The maximum absolute atomic E-state index is 9.92. The van der Waals surface area contributed by atoms with Crippen LogP contribution < -0.4 is 5.32 Å². The quantitative estimate of drug-likeness (QED) is 0.466. The van der Waals surface area contributed by atoms with Crippen molar-refractivity contribution in [2.45, 2.75) is 19.3 Å². The molecule has 3 heteroatoms. The molecule has 1 aliphatic heterocycles. The first-order valence-electron chi connectivity index (χ1n) is 4.33. The zero-order valence-electron chi connectivity index (χ0n) is 6.88. The lowest BCUT2D eigenvalue weighted by molar-refractivity contribution is -0.109. The van der Waals surface area contributed by atoms with Gasteiger partial charge in [-0.25, -0.2) is 0 Å². The highest BCUT2D eigenvalue weighted by molar-refractivity contribution is 5.45. The molecule has 0 aromatic heterocycles. The van der Waals surface area contributed by atoms with Crippen LogP contribution in [0.1, 0.15) is 19.3 Å². The minimum Gasteiger partial charge on any atom is -0.357 e. The lowest BCUT2D eigenvalue weighted by Gasteiger charge is -2.25. The molecule has 1 saturated heterocycles. The molecule has 0 atom stereocenters. The maximum Gasteiger partial charge on any atom is 0.207 e. The molecule has 11 heavy (non-hydrogen) atoms. The summed E-state index contributed by atoms with van der Waals surface area (Å²) in [6.07, 6.45) is 4.78. The standard InChI is InChI=1S/C8H16N2O/c11-8-9-4-7-10-5-2-1-3-6-10/h8H,1-7H2,(H,9,11). The molecule has 0 spiro atoms. The smallest absolute Gasteiger partial charge is 0.207 e. The van der Waals surface area contributed by atoms with Crippen LogP contribution in [0.4, 0.5) is 0 Å². The Balaban J connectivity index is 2.00. The molecule has 0 aromatic rings. The van der Waals surface area contributed by atoms with E-state index in [1.165, 1.54) is 32.4 Å². The van der Waals surface area contributed by atoms with Gasteiger partial charge in [0.1, 0.15) is 0 Å². The van der Waals surface area contributed by atoms with E-state index in [0.29, 0.717) is 0 Å². The van der Waals surface area contributed by atoms with E-state index in [0.717, 1.165) is 19.5 Å². The highest BCUT2D eigenvalue weighted by atomic mass is 16.1. The minimum absolute atomic E-state index is 0.768. The van der Waals surface area contributed by atoms with Crippen molar-refractivity contribution in [3.63, 3.8) is 0 Å². The van der Waals surface area contributed by atoms with Crippen molar-refractivity contribution in [3.05, 3.63) is 0 Å². The van der Waals surface area contributed by atoms with Crippen LogP contribution in [-0.4, -0.2) is 37.5 Å². The van der Waals surface area contributed by atoms with Gasteiger partial charge >= 0.3 is 0 Å². The summed E-state index contributed by atoms with van der Waals surface area (Å²) in [5, 5.41) is 2.67. The van der Waals surface area contributed by atoms with Crippen molar-refractivity contribution >= 4 is 6.41 Å². The van der Waals surface area contributed by atoms with Crippen molar-refractivity contribution in [1.82, 2.24) is 10.2 Å². The monoisotopic (exact) mass is 156 g/mol. The van der Waals surface area contributed by atoms with Gasteiger partial charge in [0.2, 0.25) is 6.41 Å². The zero-order chi connectivity index (χ0) is 7.94. The number of likely N-dealkylation sites (tertiary alicyclic amines) is 1. The average Bonchev–Trinajstić information content (AvgIpc) is 2.07. The van der Waals surface area contributed by atoms with E-state index in [-0.39, 0.29) is 0 Å². The maximum atomic E-state index is 9.92. The summed E-state index contributed by atoms with van der Waals surface area (Å²) >= 11 is 0. The van der Waals surface area contributed by atoms with Crippen molar-refractivity contribution < 1.29 is 4.79 Å². The molecule has 0 bridgehead atoms. The van der Waals surface area contributed by atoms with Gasteiger partial charge in [-0.3, -0.25) is 4.79 Å². The molecule has 1 aliphatic rings. The molecule has 3 nitrogen and oxygen atoms in total. The average molecular weight is 156 g/mol. The largest absolute Gasteiger partial charge is 0.357 e. The third-order valence-electron chi connectivity index (χ3n) is 2.10. The molecular weight excluding hydrogens is 140 g/mol. The van der Waals surface area contributed by atoms with Crippen LogP contribution in [0.15, 0.2) is 0 Å². The van der Waals surface area contributed by atoms with Crippen LogP contribution in [0.25, 0.3) is 0 Å².